The maximum absolute atomic E-state index is 12.2. The summed E-state index contributed by atoms with van der Waals surface area (Å²) in [7, 11) is 0. The Hall–Kier alpha value is -0.580. The molecule has 0 heterocycles. The van der Waals surface area contributed by atoms with E-state index in [2.05, 4.69) is 34.8 Å². The number of hydrogen-bond acceptors (Lipinski definition) is 1. The number of nitrogens with one attached hydrogen (secondary N) is 1. The molecule has 0 unspecified atom stereocenters. The number of amides is 1. The van der Waals surface area contributed by atoms with Crippen molar-refractivity contribution in [3.05, 3.63) is 33.4 Å². The second kappa shape index (κ2) is 5.38. The molecule has 0 aromatic heterocycles. The molecule has 0 aliphatic heterocycles. The fourth-order valence-electron chi connectivity index (χ4n) is 2.43. The monoisotopic (exact) mass is 343 g/mol. The van der Waals surface area contributed by atoms with Crippen LogP contribution in [0, 0.1) is 3.57 Å². The van der Waals surface area contributed by atoms with Crippen LogP contribution in [0.25, 0.3) is 0 Å². The Balaban J connectivity index is 2.06. The van der Waals surface area contributed by atoms with E-state index >= 15 is 0 Å². The average Bonchev–Trinajstić information content (AvgIpc) is 2.29. The first-order valence-electron chi connectivity index (χ1n) is 6.17. The number of benzene rings is 1. The smallest absolute Gasteiger partial charge is 0.251 e. The van der Waals surface area contributed by atoms with E-state index < -0.39 is 0 Å². The number of carbonyl (C=O) groups excluding carboxylic acids is 1. The number of halogens is 1. The molecule has 1 aliphatic rings. The fraction of sp³-hybridized carbons (Fsp3) is 0.500. The Morgan fingerprint density at radius 1 is 1.29 bits per heavy atom. The quantitative estimate of drug-likeness (QED) is 0.815. The predicted molar refractivity (Wildman–Crippen MR) is 78.1 cm³/mol. The average molecular weight is 343 g/mol. The van der Waals surface area contributed by atoms with Gasteiger partial charge in [0.25, 0.3) is 5.91 Å². The van der Waals surface area contributed by atoms with Gasteiger partial charge in [-0.1, -0.05) is 25.3 Å². The van der Waals surface area contributed by atoms with Crippen LogP contribution in [0.1, 0.15) is 49.4 Å². The van der Waals surface area contributed by atoms with Gasteiger partial charge in [-0.05, 0) is 60.6 Å². The molecular weight excluding hydrogens is 325 g/mol. The zero-order valence-electron chi connectivity index (χ0n) is 10.1. The molecule has 1 saturated carbocycles. The van der Waals surface area contributed by atoms with Crippen molar-refractivity contribution in [2.45, 2.75) is 44.6 Å². The first-order chi connectivity index (χ1) is 8.09. The van der Waals surface area contributed by atoms with Crippen molar-refractivity contribution < 1.29 is 4.79 Å². The number of hydrogen-bond donors (Lipinski definition) is 1. The van der Waals surface area contributed by atoms with Gasteiger partial charge in [-0.2, -0.15) is 0 Å². The minimum Gasteiger partial charge on any atom is -0.347 e. The third-order valence-corrected chi connectivity index (χ3v) is 4.13. The predicted octanol–water partition coefficient (Wildman–Crippen LogP) is 3.74. The lowest BCUT2D eigenvalue weighted by Crippen LogP contribution is -2.47. The maximum Gasteiger partial charge on any atom is 0.251 e. The van der Waals surface area contributed by atoms with Crippen LogP contribution in [0.3, 0.4) is 0 Å². The van der Waals surface area contributed by atoms with Crippen LogP contribution in [-0.4, -0.2) is 11.4 Å². The normalized spacial score (nSPS) is 18.7. The lowest BCUT2D eigenvalue weighted by Gasteiger charge is -2.34. The van der Waals surface area contributed by atoms with Crippen LogP contribution < -0.4 is 5.32 Å². The summed E-state index contributed by atoms with van der Waals surface area (Å²) < 4.78 is 1.10. The van der Waals surface area contributed by atoms with E-state index in [9.17, 15) is 4.79 Å². The van der Waals surface area contributed by atoms with E-state index in [-0.39, 0.29) is 11.4 Å². The second-order valence-electron chi connectivity index (χ2n) is 5.09. The molecule has 3 heteroatoms. The van der Waals surface area contributed by atoms with Gasteiger partial charge in [-0.25, -0.2) is 0 Å². The van der Waals surface area contributed by atoms with Crippen molar-refractivity contribution >= 4 is 28.5 Å². The summed E-state index contributed by atoms with van der Waals surface area (Å²) in [6.45, 7) is 2.16. The molecule has 0 spiro atoms. The Bertz CT molecular complexity index is 410. The van der Waals surface area contributed by atoms with Gasteiger partial charge in [0.2, 0.25) is 0 Å². The summed E-state index contributed by atoms with van der Waals surface area (Å²) in [6.07, 6.45) is 5.95. The molecule has 1 aliphatic carbocycles. The van der Waals surface area contributed by atoms with Gasteiger partial charge in [0, 0.05) is 14.7 Å². The minimum atomic E-state index is -0.00336. The molecule has 17 heavy (non-hydrogen) atoms. The van der Waals surface area contributed by atoms with E-state index in [0.29, 0.717) is 0 Å². The molecule has 0 saturated heterocycles. The van der Waals surface area contributed by atoms with Gasteiger partial charge in [-0.3, -0.25) is 4.79 Å². The van der Waals surface area contributed by atoms with Crippen LogP contribution in [0.2, 0.25) is 0 Å². The molecule has 1 amide bonds. The lowest BCUT2D eigenvalue weighted by atomic mass is 9.83. The van der Waals surface area contributed by atoms with E-state index in [1.807, 2.05) is 24.3 Å². The molecule has 2 rings (SSSR count). The molecule has 1 N–H and O–H groups in total. The van der Waals surface area contributed by atoms with Gasteiger partial charge in [0.05, 0.1) is 0 Å². The Labute approximate surface area is 116 Å². The number of carbonyl (C=O) groups is 1. The molecule has 92 valence electrons. The van der Waals surface area contributed by atoms with Crippen LogP contribution in [0.15, 0.2) is 24.3 Å². The Kier molecular flexibility index (Phi) is 4.07. The first-order valence-corrected chi connectivity index (χ1v) is 7.25. The summed E-state index contributed by atoms with van der Waals surface area (Å²) in [5.74, 6) is 0.0629. The molecule has 1 aromatic rings. The van der Waals surface area contributed by atoms with Crippen molar-refractivity contribution in [2.24, 2.45) is 0 Å². The molecule has 0 bridgehead atoms. The van der Waals surface area contributed by atoms with E-state index in [1.54, 1.807) is 0 Å². The van der Waals surface area contributed by atoms with E-state index in [4.69, 9.17) is 0 Å². The van der Waals surface area contributed by atoms with E-state index in [1.165, 1.54) is 19.3 Å². The summed E-state index contributed by atoms with van der Waals surface area (Å²) in [4.78, 5) is 12.2. The molecule has 2 nitrogen and oxygen atoms in total. The van der Waals surface area contributed by atoms with Crippen LogP contribution in [0.5, 0.6) is 0 Å². The highest BCUT2D eigenvalue weighted by atomic mass is 127. The fourth-order valence-corrected chi connectivity index (χ4v) is 2.98. The highest BCUT2D eigenvalue weighted by Crippen LogP contribution is 2.27. The highest BCUT2D eigenvalue weighted by molar-refractivity contribution is 14.1. The topological polar surface area (TPSA) is 29.1 Å². The summed E-state index contributed by atoms with van der Waals surface area (Å²) >= 11 is 2.23. The van der Waals surface area contributed by atoms with Gasteiger partial charge >= 0.3 is 0 Å². The lowest BCUT2D eigenvalue weighted by molar-refractivity contribution is 0.0882. The van der Waals surface area contributed by atoms with Gasteiger partial charge in [-0.15, -0.1) is 0 Å². The summed E-state index contributed by atoms with van der Waals surface area (Å²) in [5, 5.41) is 3.20. The third-order valence-electron chi connectivity index (χ3n) is 3.46. The number of rotatable bonds is 2. The van der Waals surface area contributed by atoms with Crippen molar-refractivity contribution in [3.63, 3.8) is 0 Å². The standard InChI is InChI=1S/C14H18INO/c1-14(8-3-2-4-9-14)16-13(17)11-6-5-7-12(15)10-11/h5-7,10H,2-4,8-9H2,1H3,(H,16,17). The zero-order chi connectivity index (χ0) is 12.3. The van der Waals surface area contributed by atoms with Crippen molar-refractivity contribution in [1.82, 2.24) is 5.32 Å². The molecule has 1 fully saturated rings. The SMILES string of the molecule is CC1(NC(=O)c2cccc(I)c2)CCCCC1. The Morgan fingerprint density at radius 2 is 2.00 bits per heavy atom. The Morgan fingerprint density at radius 3 is 2.65 bits per heavy atom. The first kappa shape index (κ1) is 12.9. The van der Waals surface area contributed by atoms with Crippen molar-refractivity contribution in [3.8, 4) is 0 Å². The zero-order valence-corrected chi connectivity index (χ0v) is 12.3. The summed E-state index contributed by atoms with van der Waals surface area (Å²) in [5.41, 5.74) is 0.764. The maximum atomic E-state index is 12.2. The van der Waals surface area contributed by atoms with Crippen LogP contribution in [-0.2, 0) is 0 Å². The van der Waals surface area contributed by atoms with Crippen LogP contribution in [0.4, 0.5) is 0 Å². The van der Waals surface area contributed by atoms with Gasteiger partial charge < -0.3 is 5.32 Å². The van der Waals surface area contributed by atoms with Gasteiger partial charge in [0.15, 0.2) is 0 Å². The summed E-state index contributed by atoms with van der Waals surface area (Å²) in [6, 6.07) is 7.74. The van der Waals surface area contributed by atoms with Crippen LogP contribution >= 0.6 is 22.6 Å². The minimum absolute atomic E-state index is 0.00336. The second-order valence-corrected chi connectivity index (χ2v) is 6.33. The third kappa shape index (κ3) is 3.44. The molecule has 1 aromatic carbocycles. The molecular formula is C14H18INO. The molecule has 0 atom stereocenters. The van der Waals surface area contributed by atoms with E-state index in [0.717, 1.165) is 22.0 Å². The largest absolute Gasteiger partial charge is 0.347 e. The van der Waals surface area contributed by atoms with Gasteiger partial charge in [0.1, 0.15) is 0 Å². The van der Waals surface area contributed by atoms with Crippen molar-refractivity contribution in [1.29, 1.82) is 0 Å². The molecule has 0 radical (unpaired) electrons. The highest BCUT2D eigenvalue weighted by Gasteiger charge is 2.28. The van der Waals surface area contributed by atoms with Crippen molar-refractivity contribution in [2.75, 3.05) is 0 Å².